The maximum absolute atomic E-state index is 12.2. The number of rotatable bonds is 7. The van der Waals surface area contributed by atoms with Crippen LogP contribution >= 0.6 is 11.8 Å². The van der Waals surface area contributed by atoms with Crippen LogP contribution in [0.15, 0.2) is 59.5 Å². The lowest BCUT2D eigenvalue weighted by atomic mass is 10.1. The topological polar surface area (TPSA) is 72.5 Å². The van der Waals surface area contributed by atoms with Crippen molar-refractivity contribution < 1.29 is 19.1 Å². The van der Waals surface area contributed by atoms with E-state index in [1.807, 2.05) is 30.5 Å². The van der Waals surface area contributed by atoms with E-state index >= 15 is 0 Å². The Balaban J connectivity index is 1.94. The molecule has 0 aromatic heterocycles. The maximum atomic E-state index is 12.2. The number of thioether (sulfide) groups is 1. The largest absolute Gasteiger partial charge is 0.449 e. The van der Waals surface area contributed by atoms with Crippen LogP contribution in [0.2, 0.25) is 0 Å². The van der Waals surface area contributed by atoms with Crippen LogP contribution in [-0.4, -0.2) is 30.0 Å². The summed E-state index contributed by atoms with van der Waals surface area (Å²) in [6, 6.07) is 14.4. The van der Waals surface area contributed by atoms with Crippen molar-refractivity contribution in [1.29, 1.82) is 0 Å². The standard InChI is InChI=1S/C21H21NO4S/c1-14(23)18-6-4-5-7-19(18)22-21(25)15(2)26-20(24)13-10-16-8-11-17(27-3)12-9-16/h4-13,15H,1-3H3,(H,22,25)/b13-10+/t15-/m1/s1. The van der Waals surface area contributed by atoms with Gasteiger partial charge < -0.3 is 10.1 Å². The molecule has 0 spiro atoms. The smallest absolute Gasteiger partial charge is 0.331 e. The molecule has 0 aliphatic heterocycles. The molecule has 6 heteroatoms. The van der Waals surface area contributed by atoms with Crippen molar-refractivity contribution >= 4 is 41.2 Å². The fourth-order valence-electron chi connectivity index (χ4n) is 2.28. The van der Waals surface area contributed by atoms with Crippen molar-refractivity contribution in [1.82, 2.24) is 0 Å². The van der Waals surface area contributed by atoms with Crippen molar-refractivity contribution in [3.63, 3.8) is 0 Å². The van der Waals surface area contributed by atoms with Crippen LogP contribution < -0.4 is 5.32 Å². The van der Waals surface area contributed by atoms with Crippen LogP contribution in [0.25, 0.3) is 6.08 Å². The molecule has 0 saturated heterocycles. The molecule has 2 aromatic rings. The number of carbonyl (C=O) groups excluding carboxylic acids is 3. The second-order valence-corrected chi connectivity index (χ2v) is 6.66. The lowest BCUT2D eigenvalue weighted by molar-refractivity contribution is -0.148. The molecule has 5 nitrogen and oxygen atoms in total. The lowest BCUT2D eigenvalue weighted by Gasteiger charge is -2.14. The predicted molar refractivity (Wildman–Crippen MR) is 108 cm³/mol. The summed E-state index contributed by atoms with van der Waals surface area (Å²) in [6.45, 7) is 2.90. The van der Waals surface area contributed by atoms with Gasteiger partial charge >= 0.3 is 5.97 Å². The van der Waals surface area contributed by atoms with E-state index in [1.54, 1.807) is 42.1 Å². The Hall–Kier alpha value is -2.86. The van der Waals surface area contributed by atoms with Gasteiger partial charge in [-0.3, -0.25) is 9.59 Å². The van der Waals surface area contributed by atoms with Crippen LogP contribution in [0.3, 0.4) is 0 Å². The molecule has 1 N–H and O–H groups in total. The van der Waals surface area contributed by atoms with Crippen molar-refractivity contribution in [3.8, 4) is 0 Å². The average Bonchev–Trinajstić information content (AvgIpc) is 2.67. The highest BCUT2D eigenvalue weighted by Gasteiger charge is 2.18. The highest BCUT2D eigenvalue weighted by atomic mass is 32.2. The van der Waals surface area contributed by atoms with E-state index in [1.165, 1.54) is 19.9 Å². The Morgan fingerprint density at radius 3 is 2.37 bits per heavy atom. The Morgan fingerprint density at radius 1 is 1.07 bits per heavy atom. The molecule has 0 radical (unpaired) electrons. The second kappa shape index (κ2) is 9.73. The highest BCUT2D eigenvalue weighted by Crippen LogP contribution is 2.17. The zero-order valence-electron chi connectivity index (χ0n) is 15.4. The molecular weight excluding hydrogens is 362 g/mol. The zero-order valence-corrected chi connectivity index (χ0v) is 16.2. The van der Waals surface area contributed by atoms with Gasteiger partial charge in [-0.15, -0.1) is 11.8 Å². The van der Waals surface area contributed by atoms with Crippen molar-refractivity contribution in [3.05, 3.63) is 65.7 Å². The van der Waals surface area contributed by atoms with Gasteiger partial charge in [-0.1, -0.05) is 24.3 Å². The fourth-order valence-corrected chi connectivity index (χ4v) is 2.69. The molecule has 0 unspecified atom stereocenters. The summed E-state index contributed by atoms with van der Waals surface area (Å²) in [4.78, 5) is 36.9. The number of ether oxygens (including phenoxy) is 1. The van der Waals surface area contributed by atoms with E-state index in [4.69, 9.17) is 4.74 Å². The minimum absolute atomic E-state index is 0.161. The Kier molecular flexibility index (Phi) is 7.37. The number of hydrogen-bond donors (Lipinski definition) is 1. The van der Waals surface area contributed by atoms with Crippen molar-refractivity contribution in [2.45, 2.75) is 24.8 Å². The number of para-hydroxylation sites is 1. The summed E-state index contributed by atoms with van der Waals surface area (Å²) in [6.07, 6.45) is 3.90. The fraction of sp³-hybridized carbons (Fsp3) is 0.190. The van der Waals surface area contributed by atoms with Gasteiger partial charge in [-0.05, 0) is 56.0 Å². The van der Waals surface area contributed by atoms with Crippen molar-refractivity contribution in [2.75, 3.05) is 11.6 Å². The molecule has 2 rings (SSSR count). The molecule has 0 aliphatic carbocycles. The summed E-state index contributed by atoms with van der Waals surface area (Å²) in [5.74, 6) is -1.29. The van der Waals surface area contributed by atoms with Gasteiger partial charge in [0.05, 0.1) is 5.69 Å². The van der Waals surface area contributed by atoms with Gasteiger partial charge in [0.2, 0.25) is 0 Å². The van der Waals surface area contributed by atoms with Gasteiger partial charge in [-0.25, -0.2) is 4.79 Å². The average molecular weight is 383 g/mol. The molecule has 0 aliphatic rings. The molecule has 0 heterocycles. The summed E-state index contributed by atoms with van der Waals surface area (Å²) in [7, 11) is 0. The molecule has 0 bridgehead atoms. The summed E-state index contributed by atoms with van der Waals surface area (Å²) in [5.41, 5.74) is 1.65. The first-order chi connectivity index (χ1) is 12.9. The van der Waals surface area contributed by atoms with E-state index in [9.17, 15) is 14.4 Å². The van der Waals surface area contributed by atoms with Gasteiger partial charge in [0, 0.05) is 16.5 Å². The molecule has 1 atom stereocenters. The van der Waals surface area contributed by atoms with Crippen LogP contribution in [0.1, 0.15) is 29.8 Å². The molecule has 0 saturated carbocycles. The van der Waals surface area contributed by atoms with Crippen LogP contribution in [0, 0.1) is 0 Å². The van der Waals surface area contributed by atoms with E-state index in [0.717, 1.165) is 10.5 Å². The number of esters is 1. The highest BCUT2D eigenvalue weighted by molar-refractivity contribution is 7.98. The van der Waals surface area contributed by atoms with Crippen LogP contribution in [-0.2, 0) is 14.3 Å². The van der Waals surface area contributed by atoms with E-state index in [-0.39, 0.29) is 5.78 Å². The molecule has 27 heavy (non-hydrogen) atoms. The molecule has 0 fully saturated rings. The Bertz CT molecular complexity index is 859. The third kappa shape index (κ3) is 6.11. The van der Waals surface area contributed by atoms with Gasteiger partial charge in [0.25, 0.3) is 5.91 Å². The summed E-state index contributed by atoms with van der Waals surface area (Å²) < 4.78 is 5.12. The number of nitrogens with one attached hydrogen (secondary N) is 1. The summed E-state index contributed by atoms with van der Waals surface area (Å²) >= 11 is 1.64. The third-order valence-electron chi connectivity index (χ3n) is 3.75. The quantitative estimate of drug-likeness (QED) is 0.336. The Morgan fingerprint density at radius 2 is 1.74 bits per heavy atom. The number of amides is 1. The third-order valence-corrected chi connectivity index (χ3v) is 4.50. The molecule has 2 aromatic carbocycles. The number of benzene rings is 2. The number of ketones is 1. The SMILES string of the molecule is CSc1ccc(/C=C/C(=O)O[C@H](C)C(=O)Nc2ccccc2C(C)=O)cc1. The van der Waals surface area contributed by atoms with Gasteiger partial charge in [0.15, 0.2) is 11.9 Å². The van der Waals surface area contributed by atoms with Crippen LogP contribution in [0.4, 0.5) is 5.69 Å². The number of anilines is 1. The lowest BCUT2D eigenvalue weighted by Crippen LogP contribution is -2.30. The van der Waals surface area contributed by atoms with Crippen LogP contribution in [0.5, 0.6) is 0 Å². The van der Waals surface area contributed by atoms with E-state index in [0.29, 0.717) is 11.3 Å². The summed E-state index contributed by atoms with van der Waals surface area (Å²) in [5, 5.41) is 2.62. The number of carbonyl (C=O) groups is 3. The molecule has 1 amide bonds. The van der Waals surface area contributed by atoms with E-state index < -0.39 is 18.0 Å². The normalized spacial score (nSPS) is 11.8. The first kappa shape index (κ1) is 20.5. The molecule has 140 valence electrons. The number of hydrogen-bond acceptors (Lipinski definition) is 5. The monoisotopic (exact) mass is 383 g/mol. The zero-order chi connectivity index (χ0) is 19.8. The first-order valence-corrected chi connectivity index (χ1v) is 9.56. The Labute approximate surface area is 162 Å². The maximum Gasteiger partial charge on any atom is 0.331 e. The first-order valence-electron chi connectivity index (χ1n) is 8.34. The van der Waals surface area contributed by atoms with Gasteiger partial charge in [-0.2, -0.15) is 0 Å². The van der Waals surface area contributed by atoms with Crippen molar-refractivity contribution in [2.24, 2.45) is 0 Å². The van der Waals surface area contributed by atoms with E-state index in [2.05, 4.69) is 5.32 Å². The second-order valence-electron chi connectivity index (χ2n) is 5.78. The minimum Gasteiger partial charge on any atom is -0.449 e. The molecular formula is C21H21NO4S. The predicted octanol–water partition coefficient (Wildman–Crippen LogP) is 4.19. The van der Waals surface area contributed by atoms with Gasteiger partial charge in [0.1, 0.15) is 0 Å². The minimum atomic E-state index is -0.999. The number of Topliss-reactive ketones (excluding diaryl/α,β-unsaturated/α-hetero) is 1.